The van der Waals surface area contributed by atoms with Crippen LogP contribution in [0.5, 0.6) is 0 Å². The van der Waals surface area contributed by atoms with Crippen molar-refractivity contribution < 1.29 is 19.0 Å². The molecular formula is C16H22FNO3. The molecule has 2 rings (SSSR count). The Morgan fingerprint density at radius 1 is 1.48 bits per heavy atom. The maximum atomic E-state index is 14.1. The summed E-state index contributed by atoms with van der Waals surface area (Å²) in [6.45, 7) is 3.85. The zero-order chi connectivity index (χ0) is 15.4. The number of carboxylic acid groups (broad SMARTS) is 1. The van der Waals surface area contributed by atoms with Gasteiger partial charge < -0.3 is 9.84 Å². The van der Waals surface area contributed by atoms with E-state index in [9.17, 15) is 14.3 Å². The Kier molecular flexibility index (Phi) is 5.31. The minimum atomic E-state index is -1.02. The van der Waals surface area contributed by atoms with Crippen molar-refractivity contribution in [3.8, 4) is 0 Å². The first-order valence-corrected chi connectivity index (χ1v) is 7.26. The molecule has 4 nitrogen and oxygen atoms in total. The Morgan fingerprint density at radius 3 is 2.71 bits per heavy atom. The normalized spacial score (nSPS) is 17.9. The number of likely N-dealkylation sites (N-methyl/N-ethyl adjacent to an activating group) is 1. The van der Waals surface area contributed by atoms with E-state index in [0.717, 1.165) is 31.6 Å². The number of carboxylic acids is 1. The first-order chi connectivity index (χ1) is 9.99. The van der Waals surface area contributed by atoms with Crippen LogP contribution in [0.1, 0.15) is 30.0 Å². The third kappa shape index (κ3) is 4.02. The predicted molar refractivity (Wildman–Crippen MR) is 77.7 cm³/mol. The summed E-state index contributed by atoms with van der Waals surface area (Å²) in [5, 5.41) is 9.49. The maximum Gasteiger partial charge on any atom is 0.325 e. The Bertz CT molecular complexity index is 500. The van der Waals surface area contributed by atoms with Gasteiger partial charge in [0, 0.05) is 25.3 Å². The second-order valence-corrected chi connectivity index (χ2v) is 5.76. The van der Waals surface area contributed by atoms with Crippen LogP contribution >= 0.6 is 0 Å². The number of rotatable bonds is 5. The molecule has 0 amide bonds. The van der Waals surface area contributed by atoms with Gasteiger partial charge in [-0.25, -0.2) is 4.39 Å². The minimum Gasteiger partial charge on any atom is -0.480 e. The van der Waals surface area contributed by atoms with Gasteiger partial charge in [-0.05, 0) is 44.4 Å². The summed E-state index contributed by atoms with van der Waals surface area (Å²) < 4.78 is 19.4. The fraction of sp³-hybridized carbons (Fsp3) is 0.562. The van der Waals surface area contributed by atoms with Crippen LogP contribution in [0.3, 0.4) is 0 Å². The van der Waals surface area contributed by atoms with Gasteiger partial charge in [-0.3, -0.25) is 9.69 Å². The standard InChI is InChI=1S/C16H22FNO3/c1-11-3-4-13(14(17)9-11)15(16(19)20)18(2)10-12-5-7-21-8-6-12/h3-4,9,12,15H,5-8,10H2,1-2H3,(H,19,20)/t15-/m1/s1. The molecule has 1 fully saturated rings. The lowest BCUT2D eigenvalue weighted by atomic mass is 9.97. The number of halogens is 1. The van der Waals surface area contributed by atoms with Crippen LogP contribution in [-0.2, 0) is 9.53 Å². The van der Waals surface area contributed by atoms with Crippen LogP contribution in [0.15, 0.2) is 18.2 Å². The number of carbonyl (C=O) groups is 1. The second-order valence-electron chi connectivity index (χ2n) is 5.76. The third-order valence-corrected chi connectivity index (χ3v) is 4.01. The zero-order valence-corrected chi connectivity index (χ0v) is 12.5. The predicted octanol–water partition coefficient (Wildman–Crippen LogP) is 2.62. The summed E-state index contributed by atoms with van der Waals surface area (Å²) in [5.74, 6) is -1.08. The van der Waals surface area contributed by atoms with Gasteiger partial charge in [0.1, 0.15) is 11.9 Å². The van der Waals surface area contributed by atoms with Gasteiger partial charge in [0.2, 0.25) is 0 Å². The van der Waals surface area contributed by atoms with Gasteiger partial charge >= 0.3 is 5.97 Å². The first kappa shape index (κ1) is 15.9. The van der Waals surface area contributed by atoms with Gasteiger partial charge in [-0.1, -0.05) is 12.1 Å². The topological polar surface area (TPSA) is 49.8 Å². The summed E-state index contributed by atoms with van der Waals surface area (Å²) >= 11 is 0. The monoisotopic (exact) mass is 295 g/mol. The summed E-state index contributed by atoms with van der Waals surface area (Å²) in [7, 11) is 1.74. The molecule has 0 saturated carbocycles. The van der Waals surface area contributed by atoms with Crippen molar-refractivity contribution in [3.63, 3.8) is 0 Å². The quantitative estimate of drug-likeness (QED) is 0.907. The van der Waals surface area contributed by atoms with Crippen LogP contribution in [0.25, 0.3) is 0 Å². The molecule has 0 bridgehead atoms. The van der Waals surface area contributed by atoms with Crippen molar-refractivity contribution >= 4 is 5.97 Å². The van der Waals surface area contributed by atoms with E-state index in [1.165, 1.54) is 6.07 Å². The van der Waals surface area contributed by atoms with Crippen LogP contribution in [0.4, 0.5) is 4.39 Å². The number of hydrogen-bond donors (Lipinski definition) is 1. The molecule has 0 radical (unpaired) electrons. The SMILES string of the molecule is Cc1ccc([C@H](C(=O)O)N(C)CC2CCOCC2)c(F)c1. The Balaban J connectivity index is 2.15. The molecule has 1 aromatic carbocycles. The molecule has 1 aromatic rings. The van der Waals surface area contributed by atoms with E-state index in [0.29, 0.717) is 12.5 Å². The smallest absolute Gasteiger partial charge is 0.325 e. The summed E-state index contributed by atoms with van der Waals surface area (Å²) in [4.78, 5) is 13.3. The fourth-order valence-electron chi connectivity index (χ4n) is 2.85. The van der Waals surface area contributed by atoms with E-state index >= 15 is 0 Å². The van der Waals surface area contributed by atoms with Crippen molar-refractivity contribution in [2.24, 2.45) is 5.92 Å². The fourth-order valence-corrected chi connectivity index (χ4v) is 2.85. The molecule has 1 saturated heterocycles. The van der Waals surface area contributed by atoms with Gasteiger partial charge in [0.15, 0.2) is 0 Å². The molecule has 0 spiro atoms. The number of benzene rings is 1. The molecular weight excluding hydrogens is 273 g/mol. The van der Waals surface area contributed by atoms with E-state index < -0.39 is 17.8 Å². The van der Waals surface area contributed by atoms with Crippen LogP contribution in [0.2, 0.25) is 0 Å². The first-order valence-electron chi connectivity index (χ1n) is 7.26. The maximum absolute atomic E-state index is 14.1. The molecule has 0 aliphatic carbocycles. The molecule has 0 aromatic heterocycles. The van der Waals surface area contributed by atoms with Crippen molar-refractivity contribution in [2.45, 2.75) is 25.8 Å². The molecule has 21 heavy (non-hydrogen) atoms. The third-order valence-electron chi connectivity index (χ3n) is 4.01. The minimum absolute atomic E-state index is 0.225. The van der Waals surface area contributed by atoms with Gasteiger partial charge in [-0.15, -0.1) is 0 Å². The van der Waals surface area contributed by atoms with E-state index in [2.05, 4.69) is 0 Å². The number of aliphatic carboxylic acids is 1. The van der Waals surface area contributed by atoms with Crippen molar-refractivity contribution in [2.75, 3.05) is 26.8 Å². The molecule has 1 heterocycles. The highest BCUT2D eigenvalue weighted by atomic mass is 19.1. The van der Waals surface area contributed by atoms with Crippen molar-refractivity contribution in [3.05, 3.63) is 35.1 Å². The van der Waals surface area contributed by atoms with E-state index in [-0.39, 0.29) is 5.56 Å². The molecule has 1 atom stereocenters. The van der Waals surface area contributed by atoms with Gasteiger partial charge in [-0.2, -0.15) is 0 Å². The molecule has 116 valence electrons. The molecule has 5 heteroatoms. The van der Waals surface area contributed by atoms with E-state index in [1.807, 2.05) is 0 Å². The average Bonchev–Trinajstić information content (AvgIpc) is 2.42. The lowest BCUT2D eigenvalue weighted by Crippen LogP contribution is -2.36. The molecule has 1 aliphatic heterocycles. The van der Waals surface area contributed by atoms with Gasteiger partial charge in [0.25, 0.3) is 0 Å². The van der Waals surface area contributed by atoms with E-state index in [4.69, 9.17) is 4.74 Å². The molecule has 0 unspecified atom stereocenters. The summed E-state index contributed by atoms with van der Waals surface area (Å²) in [6.07, 6.45) is 1.85. The number of nitrogens with zero attached hydrogens (tertiary/aromatic N) is 1. The highest BCUT2D eigenvalue weighted by Gasteiger charge is 2.29. The molecule has 1 N–H and O–H groups in total. The lowest BCUT2D eigenvalue weighted by Gasteiger charge is -2.31. The summed E-state index contributed by atoms with van der Waals surface area (Å²) in [6, 6.07) is 3.75. The average molecular weight is 295 g/mol. The van der Waals surface area contributed by atoms with Crippen molar-refractivity contribution in [1.82, 2.24) is 4.90 Å². The molecule has 1 aliphatic rings. The van der Waals surface area contributed by atoms with Crippen LogP contribution < -0.4 is 0 Å². The zero-order valence-electron chi connectivity index (χ0n) is 12.5. The number of ether oxygens (including phenoxy) is 1. The van der Waals surface area contributed by atoms with E-state index in [1.54, 1.807) is 31.0 Å². The van der Waals surface area contributed by atoms with Crippen LogP contribution in [-0.4, -0.2) is 42.8 Å². The Hall–Kier alpha value is -1.46. The number of aryl methyl sites for hydroxylation is 1. The Morgan fingerprint density at radius 2 is 2.14 bits per heavy atom. The lowest BCUT2D eigenvalue weighted by molar-refractivity contribution is -0.143. The second kappa shape index (κ2) is 7.00. The Labute approximate surface area is 124 Å². The highest BCUT2D eigenvalue weighted by molar-refractivity contribution is 5.75. The largest absolute Gasteiger partial charge is 0.480 e. The summed E-state index contributed by atoms with van der Waals surface area (Å²) in [5.41, 5.74) is 1.01. The van der Waals surface area contributed by atoms with Gasteiger partial charge in [0.05, 0.1) is 0 Å². The highest BCUT2D eigenvalue weighted by Crippen LogP contribution is 2.26. The van der Waals surface area contributed by atoms with Crippen LogP contribution in [0, 0.1) is 18.7 Å². The number of hydrogen-bond acceptors (Lipinski definition) is 3. The van der Waals surface area contributed by atoms with Crippen molar-refractivity contribution in [1.29, 1.82) is 0 Å².